The number of para-hydroxylation sites is 1. The molecule has 0 unspecified atom stereocenters. The first-order valence-electron chi connectivity index (χ1n) is 9.66. The highest BCUT2D eigenvalue weighted by Gasteiger charge is 2.33. The Labute approximate surface area is 185 Å². The van der Waals surface area contributed by atoms with E-state index in [2.05, 4.69) is 0 Å². The lowest BCUT2D eigenvalue weighted by molar-refractivity contribution is -0.137. The minimum absolute atomic E-state index is 0.0885. The molecule has 0 aliphatic carbocycles. The first-order valence-corrected chi connectivity index (χ1v) is 9.66. The van der Waals surface area contributed by atoms with Crippen LogP contribution >= 0.6 is 0 Å². The van der Waals surface area contributed by atoms with Gasteiger partial charge < -0.3 is 20.1 Å². The molecule has 33 heavy (non-hydrogen) atoms. The van der Waals surface area contributed by atoms with E-state index in [-0.39, 0.29) is 5.75 Å². The van der Waals surface area contributed by atoms with Crippen molar-refractivity contribution in [3.63, 3.8) is 0 Å². The van der Waals surface area contributed by atoms with Crippen LogP contribution in [0, 0.1) is 11.3 Å². The van der Waals surface area contributed by atoms with Crippen molar-refractivity contribution >= 4 is 16.8 Å². The van der Waals surface area contributed by atoms with Crippen molar-refractivity contribution in [3.05, 3.63) is 89.6 Å². The van der Waals surface area contributed by atoms with Crippen LogP contribution in [0.1, 0.15) is 22.8 Å². The number of primary amides is 1. The Morgan fingerprint density at radius 3 is 2.36 bits per heavy atom. The molecule has 4 aromatic rings. The quantitative estimate of drug-likeness (QED) is 0.454. The number of benzene rings is 3. The van der Waals surface area contributed by atoms with Crippen LogP contribution in [0.15, 0.2) is 72.9 Å². The maximum absolute atomic E-state index is 13.0. The fraction of sp³-hybridized carbons (Fsp3) is 0.0833. The van der Waals surface area contributed by atoms with Crippen molar-refractivity contribution in [3.8, 4) is 23.3 Å². The van der Waals surface area contributed by atoms with Crippen LogP contribution in [0.4, 0.5) is 13.2 Å². The first kappa shape index (κ1) is 21.9. The zero-order valence-electron chi connectivity index (χ0n) is 16.9. The number of nitrogens with two attached hydrogens (primary N) is 1. The Bertz CT molecular complexity index is 1390. The van der Waals surface area contributed by atoms with Gasteiger partial charge in [0.15, 0.2) is 6.10 Å². The predicted octanol–water partition coefficient (Wildman–Crippen LogP) is 4.83. The number of alkyl halides is 3. The van der Waals surface area contributed by atoms with Crippen molar-refractivity contribution < 1.29 is 27.8 Å². The van der Waals surface area contributed by atoms with Crippen molar-refractivity contribution in [2.75, 3.05) is 0 Å². The van der Waals surface area contributed by atoms with Crippen molar-refractivity contribution in [1.82, 2.24) is 4.57 Å². The lowest BCUT2D eigenvalue weighted by atomic mass is 10.1. The average Bonchev–Trinajstić information content (AvgIpc) is 3.18. The maximum Gasteiger partial charge on any atom is 0.417 e. The van der Waals surface area contributed by atoms with Gasteiger partial charge in [0.05, 0.1) is 22.7 Å². The number of aliphatic hydroxyl groups is 1. The second-order valence-electron chi connectivity index (χ2n) is 7.19. The van der Waals surface area contributed by atoms with E-state index in [9.17, 15) is 23.1 Å². The van der Waals surface area contributed by atoms with Gasteiger partial charge in [-0.05, 0) is 48.5 Å². The molecular formula is C24H16F3N3O3. The molecule has 3 aromatic carbocycles. The second kappa shape index (κ2) is 8.33. The molecule has 6 nitrogen and oxygen atoms in total. The van der Waals surface area contributed by atoms with Crippen LogP contribution in [0.25, 0.3) is 16.6 Å². The Morgan fingerprint density at radius 1 is 1.06 bits per heavy atom. The molecule has 1 heterocycles. The van der Waals surface area contributed by atoms with E-state index < -0.39 is 29.3 Å². The molecule has 0 aliphatic rings. The molecule has 9 heteroatoms. The molecule has 0 fully saturated rings. The summed E-state index contributed by atoms with van der Waals surface area (Å²) in [6.45, 7) is 0. The van der Waals surface area contributed by atoms with Crippen LogP contribution in [-0.2, 0) is 11.0 Å². The summed E-state index contributed by atoms with van der Waals surface area (Å²) in [4.78, 5) is 11.5. The number of hydrogen-bond donors (Lipinski definition) is 2. The molecule has 0 bridgehead atoms. The number of ether oxygens (including phenoxy) is 1. The number of carbonyl (C=O) groups excluding carboxylic acids is 1. The van der Waals surface area contributed by atoms with Crippen molar-refractivity contribution in [1.29, 1.82) is 5.26 Å². The molecule has 166 valence electrons. The number of halogens is 3. The first-order chi connectivity index (χ1) is 15.7. The van der Waals surface area contributed by atoms with Crippen molar-refractivity contribution in [2.45, 2.75) is 12.3 Å². The van der Waals surface area contributed by atoms with Crippen LogP contribution in [0.5, 0.6) is 11.5 Å². The minimum Gasteiger partial charge on any atom is -0.457 e. The lowest BCUT2D eigenvalue weighted by Gasteiger charge is -2.12. The lowest BCUT2D eigenvalue weighted by Crippen LogP contribution is -2.20. The highest BCUT2D eigenvalue weighted by molar-refractivity contribution is 5.91. The number of aliphatic hydroxyl groups excluding tert-OH is 1. The van der Waals surface area contributed by atoms with Gasteiger partial charge in [0.2, 0.25) is 0 Å². The third kappa shape index (κ3) is 4.24. The zero-order chi connectivity index (χ0) is 23.8. The molecule has 3 N–H and O–H groups in total. The van der Waals surface area contributed by atoms with Gasteiger partial charge in [-0.25, -0.2) is 0 Å². The van der Waals surface area contributed by atoms with Gasteiger partial charge >= 0.3 is 6.18 Å². The fourth-order valence-corrected chi connectivity index (χ4v) is 3.53. The molecule has 0 spiro atoms. The summed E-state index contributed by atoms with van der Waals surface area (Å²) in [5, 5.41) is 19.9. The normalized spacial score (nSPS) is 12.3. The summed E-state index contributed by atoms with van der Waals surface area (Å²) in [5.41, 5.74) is 5.49. The largest absolute Gasteiger partial charge is 0.457 e. The Morgan fingerprint density at radius 2 is 1.73 bits per heavy atom. The monoisotopic (exact) mass is 451 g/mol. The number of carbonyl (C=O) groups is 1. The van der Waals surface area contributed by atoms with E-state index >= 15 is 0 Å². The number of amides is 1. The van der Waals surface area contributed by atoms with Gasteiger partial charge in [-0.15, -0.1) is 0 Å². The molecule has 0 radical (unpaired) electrons. The molecule has 1 amide bonds. The molecular weight excluding hydrogens is 435 g/mol. The zero-order valence-corrected chi connectivity index (χ0v) is 16.9. The SMILES string of the molecule is N#Cc1cc(Oc2ccc(-n3cc([C@H](O)C(N)=O)c4ccccc43)cc2)ccc1C(F)(F)F. The summed E-state index contributed by atoms with van der Waals surface area (Å²) in [6, 6.07) is 18.3. The summed E-state index contributed by atoms with van der Waals surface area (Å²) >= 11 is 0. The van der Waals surface area contributed by atoms with Crippen LogP contribution < -0.4 is 10.5 Å². The maximum atomic E-state index is 13.0. The van der Waals surface area contributed by atoms with Gasteiger partial charge in [0.1, 0.15) is 11.5 Å². The Balaban J connectivity index is 1.65. The van der Waals surface area contributed by atoms with E-state index in [4.69, 9.17) is 15.7 Å². The molecule has 1 atom stereocenters. The van der Waals surface area contributed by atoms with E-state index in [1.807, 2.05) is 12.1 Å². The average molecular weight is 451 g/mol. The van der Waals surface area contributed by atoms with Gasteiger partial charge in [-0.1, -0.05) is 18.2 Å². The predicted molar refractivity (Wildman–Crippen MR) is 114 cm³/mol. The standard InChI is InChI=1S/C24H16F3N3O3/c25-24(26,27)20-10-9-17(11-14(20)12-28)33-16-7-5-15(6-8-16)30-13-19(22(31)23(29)32)18-3-1-2-4-21(18)30/h1-11,13,22,31H,(H2,29,32)/t22-/m0/s1. The van der Waals surface area contributed by atoms with E-state index in [1.54, 1.807) is 47.2 Å². The minimum atomic E-state index is -4.63. The summed E-state index contributed by atoms with van der Waals surface area (Å²) in [5.74, 6) is -0.434. The van der Waals surface area contributed by atoms with Gasteiger partial charge in [0, 0.05) is 22.8 Å². The second-order valence-corrected chi connectivity index (χ2v) is 7.19. The Kier molecular flexibility index (Phi) is 5.54. The Hall–Kier alpha value is -4.29. The summed E-state index contributed by atoms with van der Waals surface area (Å²) in [7, 11) is 0. The smallest absolute Gasteiger partial charge is 0.417 e. The number of rotatable bonds is 5. The van der Waals surface area contributed by atoms with Crippen LogP contribution in [-0.4, -0.2) is 15.6 Å². The molecule has 0 saturated heterocycles. The third-order valence-corrected chi connectivity index (χ3v) is 5.07. The van der Waals surface area contributed by atoms with E-state index in [1.165, 1.54) is 6.07 Å². The number of nitrogens with zero attached hydrogens (tertiary/aromatic N) is 2. The number of fused-ring (bicyclic) bond motifs is 1. The molecule has 0 aliphatic heterocycles. The molecule has 1 aromatic heterocycles. The molecule has 0 saturated carbocycles. The van der Waals surface area contributed by atoms with E-state index in [0.29, 0.717) is 22.4 Å². The number of aromatic nitrogens is 1. The van der Waals surface area contributed by atoms with E-state index in [0.717, 1.165) is 23.7 Å². The fourth-order valence-electron chi connectivity index (χ4n) is 3.53. The molecule has 4 rings (SSSR count). The topological polar surface area (TPSA) is 101 Å². The van der Waals surface area contributed by atoms with Gasteiger partial charge in [-0.3, -0.25) is 4.79 Å². The highest BCUT2D eigenvalue weighted by Crippen LogP contribution is 2.35. The summed E-state index contributed by atoms with van der Waals surface area (Å²) < 4.78 is 46.3. The summed E-state index contributed by atoms with van der Waals surface area (Å²) in [6.07, 6.45) is -4.48. The van der Waals surface area contributed by atoms with Crippen LogP contribution in [0.2, 0.25) is 0 Å². The van der Waals surface area contributed by atoms with Gasteiger partial charge in [0.25, 0.3) is 5.91 Å². The van der Waals surface area contributed by atoms with Gasteiger partial charge in [-0.2, -0.15) is 18.4 Å². The van der Waals surface area contributed by atoms with Crippen LogP contribution in [0.3, 0.4) is 0 Å². The number of nitriles is 1. The number of hydrogen-bond acceptors (Lipinski definition) is 4. The third-order valence-electron chi connectivity index (χ3n) is 5.07. The van der Waals surface area contributed by atoms with Crippen molar-refractivity contribution in [2.24, 2.45) is 5.73 Å². The highest BCUT2D eigenvalue weighted by atomic mass is 19.4.